The molecule has 0 radical (unpaired) electrons. The first-order valence-corrected chi connectivity index (χ1v) is 5.88. The van der Waals surface area contributed by atoms with Gasteiger partial charge in [0.2, 0.25) is 0 Å². The number of alkyl halides is 3. The Kier molecular flexibility index (Phi) is 3.59. The van der Waals surface area contributed by atoms with Gasteiger partial charge in [0.1, 0.15) is 6.29 Å². The first-order valence-electron chi connectivity index (χ1n) is 5.88. The molecule has 0 saturated carbocycles. The predicted octanol–water partition coefficient (Wildman–Crippen LogP) is 3.12. The highest BCUT2D eigenvalue weighted by Gasteiger charge is 2.30. The van der Waals surface area contributed by atoms with E-state index in [0.29, 0.717) is 0 Å². The second-order valence-electron chi connectivity index (χ2n) is 4.51. The maximum absolute atomic E-state index is 12.4. The summed E-state index contributed by atoms with van der Waals surface area (Å²) in [4.78, 5) is 12.6. The van der Waals surface area contributed by atoms with Crippen LogP contribution < -0.4 is 4.90 Å². The Morgan fingerprint density at radius 3 is 2.11 bits per heavy atom. The number of hydrogen-bond acceptors (Lipinski definition) is 2. The van der Waals surface area contributed by atoms with Crippen LogP contribution in [0.5, 0.6) is 0 Å². The molecule has 0 bridgehead atoms. The van der Waals surface area contributed by atoms with Gasteiger partial charge in [0, 0.05) is 24.7 Å². The second-order valence-corrected chi connectivity index (χ2v) is 4.51. The van der Waals surface area contributed by atoms with Crippen molar-refractivity contribution in [1.29, 1.82) is 0 Å². The van der Waals surface area contributed by atoms with E-state index < -0.39 is 11.7 Å². The standard InChI is InChI=1S/C13H14F3NO/c14-13(15,16)11-1-3-12(4-2-11)17-7-5-10(9-18)6-8-17/h1-4,9-10H,5-8H2. The van der Waals surface area contributed by atoms with E-state index in [1.54, 1.807) is 0 Å². The van der Waals surface area contributed by atoms with Crippen molar-refractivity contribution in [2.24, 2.45) is 5.92 Å². The molecule has 0 aromatic heterocycles. The quantitative estimate of drug-likeness (QED) is 0.759. The third-order valence-corrected chi connectivity index (χ3v) is 3.29. The van der Waals surface area contributed by atoms with Gasteiger partial charge in [0.05, 0.1) is 5.56 Å². The number of halogens is 3. The summed E-state index contributed by atoms with van der Waals surface area (Å²) in [7, 11) is 0. The Labute approximate surface area is 103 Å². The summed E-state index contributed by atoms with van der Waals surface area (Å²) in [6, 6.07) is 5.18. The molecular formula is C13H14F3NO. The third kappa shape index (κ3) is 2.83. The SMILES string of the molecule is O=CC1CCN(c2ccc(C(F)(F)F)cc2)CC1. The van der Waals surface area contributed by atoms with Gasteiger partial charge in [-0.15, -0.1) is 0 Å². The summed E-state index contributed by atoms with van der Waals surface area (Å²) in [6.07, 6.45) is -1.79. The van der Waals surface area contributed by atoms with Crippen molar-refractivity contribution >= 4 is 12.0 Å². The Morgan fingerprint density at radius 2 is 1.67 bits per heavy atom. The minimum Gasteiger partial charge on any atom is -0.371 e. The normalized spacial score (nSPS) is 17.8. The Morgan fingerprint density at radius 1 is 1.11 bits per heavy atom. The van der Waals surface area contributed by atoms with E-state index in [9.17, 15) is 18.0 Å². The first kappa shape index (κ1) is 12.9. The van der Waals surface area contributed by atoms with Crippen LogP contribution in [0.3, 0.4) is 0 Å². The highest BCUT2D eigenvalue weighted by atomic mass is 19.4. The van der Waals surface area contributed by atoms with Crippen LogP contribution in [-0.2, 0) is 11.0 Å². The predicted molar refractivity (Wildman–Crippen MR) is 62.4 cm³/mol. The second kappa shape index (κ2) is 5.00. The van der Waals surface area contributed by atoms with Crippen LogP contribution in [0.25, 0.3) is 0 Å². The summed E-state index contributed by atoms with van der Waals surface area (Å²) in [5.41, 5.74) is 0.154. The van der Waals surface area contributed by atoms with Gasteiger partial charge < -0.3 is 9.69 Å². The first-order chi connectivity index (χ1) is 8.50. The van der Waals surface area contributed by atoms with Crippen LogP contribution in [0.15, 0.2) is 24.3 Å². The van der Waals surface area contributed by atoms with E-state index >= 15 is 0 Å². The lowest BCUT2D eigenvalue weighted by Crippen LogP contribution is -2.34. The van der Waals surface area contributed by atoms with Gasteiger partial charge in [0.15, 0.2) is 0 Å². The van der Waals surface area contributed by atoms with E-state index in [1.165, 1.54) is 12.1 Å². The largest absolute Gasteiger partial charge is 0.416 e. The summed E-state index contributed by atoms with van der Waals surface area (Å²) < 4.78 is 37.2. The minimum absolute atomic E-state index is 0.0932. The fourth-order valence-corrected chi connectivity index (χ4v) is 2.15. The molecule has 0 atom stereocenters. The number of aldehydes is 1. The fourth-order valence-electron chi connectivity index (χ4n) is 2.15. The van der Waals surface area contributed by atoms with Crippen molar-refractivity contribution in [2.45, 2.75) is 19.0 Å². The maximum atomic E-state index is 12.4. The lowest BCUT2D eigenvalue weighted by atomic mass is 9.98. The summed E-state index contributed by atoms with van der Waals surface area (Å²) >= 11 is 0. The van der Waals surface area contributed by atoms with E-state index in [2.05, 4.69) is 0 Å². The van der Waals surface area contributed by atoms with Gasteiger partial charge >= 0.3 is 6.18 Å². The fraction of sp³-hybridized carbons (Fsp3) is 0.462. The lowest BCUT2D eigenvalue weighted by Gasteiger charge is -2.31. The van der Waals surface area contributed by atoms with Crippen molar-refractivity contribution in [1.82, 2.24) is 0 Å². The number of benzene rings is 1. The van der Waals surface area contributed by atoms with Crippen molar-refractivity contribution in [3.8, 4) is 0 Å². The Bertz CT molecular complexity index is 405. The highest BCUT2D eigenvalue weighted by Crippen LogP contribution is 2.31. The molecule has 0 amide bonds. The molecule has 2 rings (SSSR count). The monoisotopic (exact) mass is 257 g/mol. The molecule has 98 valence electrons. The molecule has 0 unspecified atom stereocenters. The molecule has 18 heavy (non-hydrogen) atoms. The topological polar surface area (TPSA) is 20.3 Å². The van der Waals surface area contributed by atoms with Crippen molar-refractivity contribution in [3.05, 3.63) is 29.8 Å². The van der Waals surface area contributed by atoms with Crippen molar-refractivity contribution < 1.29 is 18.0 Å². The number of nitrogens with zero attached hydrogens (tertiary/aromatic N) is 1. The van der Waals surface area contributed by atoms with Crippen LogP contribution >= 0.6 is 0 Å². The van der Waals surface area contributed by atoms with Gasteiger partial charge in [-0.25, -0.2) is 0 Å². The molecule has 1 aromatic carbocycles. The van der Waals surface area contributed by atoms with Crippen molar-refractivity contribution in [2.75, 3.05) is 18.0 Å². The van der Waals surface area contributed by atoms with Gasteiger partial charge in [-0.1, -0.05) is 0 Å². The van der Waals surface area contributed by atoms with Gasteiger partial charge in [-0.05, 0) is 37.1 Å². The zero-order chi connectivity index (χ0) is 13.2. The van der Waals surface area contributed by atoms with Crippen LogP contribution in [0.2, 0.25) is 0 Å². The summed E-state index contributed by atoms with van der Waals surface area (Å²) in [5.74, 6) is 0.0932. The average Bonchev–Trinajstić information content (AvgIpc) is 2.38. The Hall–Kier alpha value is -1.52. The molecule has 1 aliphatic heterocycles. The molecule has 0 spiro atoms. The third-order valence-electron chi connectivity index (χ3n) is 3.29. The number of carbonyl (C=O) groups excluding carboxylic acids is 1. The molecule has 1 aromatic rings. The van der Waals surface area contributed by atoms with Crippen LogP contribution in [0.4, 0.5) is 18.9 Å². The molecular weight excluding hydrogens is 243 g/mol. The van der Waals surface area contributed by atoms with E-state index in [0.717, 1.165) is 50.0 Å². The highest BCUT2D eigenvalue weighted by molar-refractivity contribution is 5.55. The summed E-state index contributed by atoms with van der Waals surface area (Å²) in [6.45, 7) is 1.43. The average molecular weight is 257 g/mol. The molecule has 1 heterocycles. The van der Waals surface area contributed by atoms with E-state index in [-0.39, 0.29) is 5.92 Å². The smallest absolute Gasteiger partial charge is 0.371 e. The number of carbonyl (C=O) groups is 1. The molecule has 0 N–H and O–H groups in total. The minimum atomic E-state index is -4.29. The van der Waals surface area contributed by atoms with E-state index in [4.69, 9.17) is 0 Å². The number of hydrogen-bond donors (Lipinski definition) is 0. The number of anilines is 1. The van der Waals surface area contributed by atoms with Gasteiger partial charge in [-0.3, -0.25) is 0 Å². The molecule has 2 nitrogen and oxygen atoms in total. The zero-order valence-corrected chi connectivity index (χ0v) is 9.78. The molecule has 1 fully saturated rings. The van der Waals surface area contributed by atoms with Crippen LogP contribution in [0.1, 0.15) is 18.4 Å². The maximum Gasteiger partial charge on any atom is 0.416 e. The molecule has 0 aliphatic carbocycles. The summed E-state index contributed by atoms with van der Waals surface area (Å²) in [5, 5.41) is 0. The van der Waals surface area contributed by atoms with Crippen LogP contribution in [-0.4, -0.2) is 19.4 Å². The van der Waals surface area contributed by atoms with Crippen LogP contribution in [0, 0.1) is 5.92 Å². The van der Waals surface area contributed by atoms with Gasteiger partial charge in [0.25, 0.3) is 0 Å². The number of piperidine rings is 1. The molecule has 5 heteroatoms. The molecule has 1 saturated heterocycles. The number of rotatable bonds is 2. The van der Waals surface area contributed by atoms with E-state index in [1.807, 2.05) is 4.90 Å². The molecule has 1 aliphatic rings. The zero-order valence-electron chi connectivity index (χ0n) is 9.78. The lowest BCUT2D eigenvalue weighted by molar-refractivity contribution is -0.137. The van der Waals surface area contributed by atoms with Gasteiger partial charge in [-0.2, -0.15) is 13.2 Å². The Balaban J connectivity index is 2.05. The van der Waals surface area contributed by atoms with Crippen molar-refractivity contribution in [3.63, 3.8) is 0 Å².